The highest BCUT2D eigenvalue weighted by atomic mass is 79.9. The summed E-state index contributed by atoms with van der Waals surface area (Å²) in [4.78, 5) is 23.7. The summed E-state index contributed by atoms with van der Waals surface area (Å²) in [6.45, 7) is 1.68. The summed E-state index contributed by atoms with van der Waals surface area (Å²) in [5.41, 5.74) is 5.74. The highest BCUT2D eigenvalue weighted by molar-refractivity contribution is 9.10. The number of ether oxygens (including phenoxy) is 2. The topological polar surface area (TPSA) is 123 Å². The van der Waals surface area contributed by atoms with Crippen molar-refractivity contribution in [2.24, 2.45) is 11.7 Å². The van der Waals surface area contributed by atoms with Crippen molar-refractivity contribution in [3.63, 3.8) is 0 Å². The van der Waals surface area contributed by atoms with Gasteiger partial charge in [0.25, 0.3) is 0 Å². The molecule has 23 heavy (non-hydrogen) atoms. The highest BCUT2D eigenvalue weighted by Crippen LogP contribution is 2.43. The van der Waals surface area contributed by atoms with E-state index >= 15 is 0 Å². The standard InChI is InChI=1S/C15H13BrN2O5/c1-2-22-15(21)9(6-17)11-8-5-7(16)3-4-10(8)23-13(18)12(11)14(19)20/h3-5,9,11H,2,18H2,1H3,(H,19,20)/t9-,11?/m0/s1. The van der Waals surface area contributed by atoms with Crippen LogP contribution in [0.2, 0.25) is 0 Å². The van der Waals surface area contributed by atoms with Gasteiger partial charge in [-0.15, -0.1) is 0 Å². The Morgan fingerprint density at radius 2 is 2.26 bits per heavy atom. The molecule has 0 aromatic heterocycles. The number of halogens is 1. The van der Waals surface area contributed by atoms with E-state index in [-0.39, 0.29) is 18.1 Å². The fraction of sp³-hybridized carbons (Fsp3) is 0.267. The van der Waals surface area contributed by atoms with Gasteiger partial charge in [-0.25, -0.2) is 4.79 Å². The summed E-state index contributed by atoms with van der Waals surface area (Å²) >= 11 is 3.28. The number of carboxylic acid groups (broad SMARTS) is 1. The second kappa shape index (κ2) is 6.71. The predicted molar refractivity (Wildman–Crippen MR) is 82.1 cm³/mol. The highest BCUT2D eigenvalue weighted by Gasteiger charge is 2.42. The van der Waals surface area contributed by atoms with E-state index in [1.165, 1.54) is 0 Å². The van der Waals surface area contributed by atoms with Crippen molar-refractivity contribution in [1.29, 1.82) is 5.26 Å². The zero-order valence-corrected chi connectivity index (χ0v) is 13.7. The van der Waals surface area contributed by atoms with E-state index < -0.39 is 23.8 Å². The second-order valence-corrected chi connectivity index (χ2v) is 5.62. The number of carboxylic acids is 1. The number of carbonyl (C=O) groups is 2. The first-order valence-corrected chi connectivity index (χ1v) is 7.46. The number of hydrogen-bond acceptors (Lipinski definition) is 6. The molecule has 1 unspecified atom stereocenters. The summed E-state index contributed by atoms with van der Waals surface area (Å²) in [7, 11) is 0. The molecule has 2 rings (SSSR count). The Kier molecular flexibility index (Phi) is 4.91. The first-order valence-electron chi connectivity index (χ1n) is 6.67. The molecule has 1 heterocycles. The Labute approximate surface area is 140 Å². The van der Waals surface area contributed by atoms with Crippen LogP contribution in [0, 0.1) is 17.2 Å². The van der Waals surface area contributed by atoms with E-state index in [2.05, 4.69) is 15.9 Å². The normalized spacial score (nSPS) is 17.5. The van der Waals surface area contributed by atoms with Gasteiger partial charge in [-0.2, -0.15) is 5.26 Å². The Morgan fingerprint density at radius 3 is 2.83 bits per heavy atom. The van der Waals surface area contributed by atoms with E-state index in [0.29, 0.717) is 15.8 Å². The van der Waals surface area contributed by atoms with Crippen LogP contribution in [0.4, 0.5) is 0 Å². The third-order valence-corrected chi connectivity index (χ3v) is 3.84. The molecule has 7 nitrogen and oxygen atoms in total. The van der Waals surface area contributed by atoms with E-state index in [4.69, 9.17) is 15.2 Å². The van der Waals surface area contributed by atoms with Crippen LogP contribution in [0.5, 0.6) is 5.75 Å². The Bertz CT molecular complexity index is 738. The van der Waals surface area contributed by atoms with Crippen LogP contribution in [0.15, 0.2) is 34.1 Å². The molecule has 8 heteroatoms. The monoisotopic (exact) mass is 380 g/mol. The largest absolute Gasteiger partial charge is 0.478 e. The molecule has 120 valence electrons. The van der Waals surface area contributed by atoms with E-state index in [9.17, 15) is 20.0 Å². The quantitative estimate of drug-likeness (QED) is 0.764. The van der Waals surface area contributed by atoms with Gasteiger partial charge in [0.05, 0.1) is 18.6 Å². The Balaban J connectivity index is 2.64. The number of nitrogens with two attached hydrogens (primary N) is 1. The third-order valence-electron chi connectivity index (χ3n) is 3.35. The van der Waals surface area contributed by atoms with Crippen molar-refractivity contribution >= 4 is 27.9 Å². The molecule has 0 bridgehead atoms. The van der Waals surface area contributed by atoms with Crippen LogP contribution in [-0.4, -0.2) is 23.7 Å². The number of fused-ring (bicyclic) bond motifs is 1. The molecule has 0 fully saturated rings. The lowest BCUT2D eigenvalue weighted by atomic mass is 9.79. The SMILES string of the molecule is CCOC(=O)[C@@H](C#N)C1C(C(=O)O)=C(N)Oc2ccc(Br)cc21. The van der Waals surface area contributed by atoms with Crippen molar-refractivity contribution in [2.75, 3.05) is 6.61 Å². The van der Waals surface area contributed by atoms with Crippen LogP contribution in [0.1, 0.15) is 18.4 Å². The van der Waals surface area contributed by atoms with Gasteiger partial charge in [0.1, 0.15) is 11.3 Å². The van der Waals surface area contributed by atoms with Crippen molar-refractivity contribution in [1.82, 2.24) is 0 Å². The van der Waals surface area contributed by atoms with Gasteiger partial charge in [0.15, 0.2) is 5.92 Å². The zero-order valence-electron chi connectivity index (χ0n) is 12.1. The molecule has 0 saturated carbocycles. The van der Waals surface area contributed by atoms with Crippen molar-refractivity contribution in [2.45, 2.75) is 12.8 Å². The second-order valence-electron chi connectivity index (χ2n) is 4.70. The first kappa shape index (κ1) is 16.8. The average molecular weight is 381 g/mol. The van der Waals surface area contributed by atoms with Gasteiger partial charge in [-0.3, -0.25) is 4.79 Å². The van der Waals surface area contributed by atoms with Crippen LogP contribution in [0.25, 0.3) is 0 Å². The van der Waals surface area contributed by atoms with Gasteiger partial charge in [0, 0.05) is 10.0 Å². The van der Waals surface area contributed by atoms with Crippen LogP contribution < -0.4 is 10.5 Å². The van der Waals surface area contributed by atoms with Gasteiger partial charge < -0.3 is 20.3 Å². The Hall–Kier alpha value is -2.53. The molecule has 1 aliphatic rings. The molecule has 0 saturated heterocycles. The van der Waals surface area contributed by atoms with Gasteiger partial charge >= 0.3 is 11.9 Å². The van der Waals surface area contributed by atoms with Crippen LogP contribution in [0.3, 0.4) is 0 Å². The lowest BCUT2D eigenvalue weighted by Crippen LogP contribution is -2.33. The molecule has 0 aliphatic carbocycles. The summed E-state index contributed by atoms with van der Waals surface area (Å²) < 4.78 is 10.9. The van der Waals surface area contributed by atoms with Gasteiger partial charge in [-0.1, -0.05) is 15.9 Å². The molecule has 0 radical (unpaired) electrons. The minimum atomic E-state index is -1.36. The minimum absolute atomic E-state index is 0.0766. The fourth-order valence-corrected chi connectivity index (χ4v) is 2.80. The minimum Gasteiger partial charge on any atom is -0.478 e. The number of carbonyl (C=O) groups excluding carboxylic acids is 1. The number of nitriles is 1. The fourth-order valence-electron chi connectivity index (χ4n) is 2.42. The van der Waals surface area contributed by atoms with Crippen LogP contribution in [-0.2, 0) is 14.3 Å². The van der Waals surface area contributed by atoms with Gasteiger partial charge in [0.2, 0.25) is 5.88 Å². The maximum Gasteiger partial charge on any atom is 0.337 e. The Morgan fingerprint density at radius 1 is 1.57 bits per heavy atom. The summed E-state index contributed by atoms with van der Waals surface area (Å²) in [5.74, 6) is -4.65. The molecule has 1 aliphatic heterocycles. The predicted octanol–water partition coefficient (Wildman–Crippen LogP) is 1.88. The smallest absolute Gasteiger partial charge is 0.337 e. The molecule has 2 atom stereocenters. The zero-order chi connectivity index (χ0) is 17.1. The molecule has 3 N–H and O–H groups in total. The number of aliphatic carboxylic acids is 1. The molecule has 1 aromatic carbocycles. The molecule has 0 amide bonds. The van der Waals surface area contributed by atoms with Crippen LogP contribution >= 0.6 is 15.9 Å². The van der Waals surface area contributed by atoms with E-state index in [1.807, 2.05) is 6.07 Å². The molecular formula is C15H13BrN2O5. The summed E-state index contributed by atoms with van der Waals surface area (Å²) in [5, 5.41) is 18.8. The maximum atomic E-state index is 12.1. The van der Waals surface area contributed by atoms with Gasteiger partial charge in [-0.05, 0) is 25.1 Å². The third kappa shape index (κ3) is 3.14. The average Bonchev–Trinajstić information content (AvgIpc) is 2.48. The number of hydrogen-bond donors (Lipinski definition) is 2. The maximum absolute atomic E-state index is 12.1. The van der Waals surface area contributed by atoms with Crippen molar-refractivity contribution in [3.05, 3.63) is 39.7 Å². The number of benzene rings is 1. The molecule has 1 aromatic rings. The summed E-state index contributed by atoms with van der Waals surface area (Å²) in [6.07, 6.45) is 0. The lowest BCUT2D eigenvalue weighted by molar-refractivity contribution is -0.146. The molecular weight excluding hydrogens is 368 g/mol. The van der Waals surface area contributed by atoms with E-state index in [0.717, 1.165) is 0 Å². The summed E-state index contributed by atoms with van der Waals surface area (Å²) in [6, 6.07) is 6.68. The molecule has 0 spiro atoms. The number of rotatable bonds is 4. The number of esters is 1. The first-order chi connectivity index (χ1) is 10.9. The number of nitrogens with zero attached hydrogens (tertiary/aromatic N) is 1. The van der Waals surface area contributed by atoms with Crippen molar-refractivity contribution in [3.8, 4) is 11.8 Å². The van der Waals surface area contributed by atoms with E-state index in [1.54, 1.807) is 25.1 Å². The lowest BCUT2D eigenvalue weighted by Gasteiger charge is -2.29. The van der Waals surface area contributed by atoms with Crippen molar-refractivity contribution < 1.29 is 24.2 Å².